The van der Waals surface area contributed by atoms with Crippen LogP contribution in [0.5, 0.6) is 0 Å². The molecule has 0 spiro atoms. The van der Waals surface area contributed by atoms with Gasteiger partial charge in [0.25, 0.3) is 5.91 Å². The Hall–Kier alpha value is -1.63. The van der Waals surface area contributed by atoms with Crippen molar-refractivity contribution in [2.75, 3.05) is 5.73 Å². The Morgan fingerprint density at radius 3 is 2.67 bits per heavy atom. The molecule has 0 aliphatic rings. The van der Waals surface area contributed by atoms with Gasteiger partial charge in [0.15, 0.2) is 5.13 Å². The zero-order chi connectivity index (χ0) is 13.7. The summed E-state index contributed by atoms with van der Waals surface area (Å²) in [5, 5.41) is 11.8. The van der Waals surface area contributed by atoms with E-state index >= 15 is 0 Å². The number of hydrogen-bond donors (Lipinski definition) is 3. The SMILES string of the molecule is CCCCC(NC(=O)c1sc(N)nc1C)C(=O)O. The number of rotatable bonds is 6. The van der Waals surface area contributed by atoms with E-state index in [0.717, 1.165) is 24.2 Å². The minimum atomic E-state index is -1.02. The summed E-state index contributed by atoms with van der Waals surface area (Å²) in [7, 11) is 0. The minimum Gasteiger partial charge on any atom is -0.480 e. The van der Waals surface area contributed by atoms with E-state index in [1.165, 1.54) is 0 Å². The van der Waals surface area contributed by atoms with Gasteiger partial charge in [-0.25, -0.2) is 9.78 Å². The van der Waals surface area contributed by atoms with Crippen LogP contribution in [-0.2, 0) is 4.79 Å². The number of thiazole rings is 1. The van der Waals surface area contributed by atoms with Gasteiger partial charge in [0.1, 0.15) is 10.9 Å². The molecule has 1 atom stereocenters. The summed E-state index contributed by atoms with van der Waals surface area (Å²) in [5.41, 5.74) is 6.02. The largest absolute Gasteiger partial charge is 0.480 e. The van der Waals surface area contributed by atoms with Crippen molar-refractivity contribution in [3.63, 3.8) is 0 Å². The quantitative estimate of drug-likeness (QED) is 0.725. The summed E-state index contributed by atoms with van der Waals surface area (Å²) in [6, 6.07) is -0.861. The van der Waals surface area contributed by atoms with Gasteiger partial charge in [-0.3, -0.25) is 4.79 Å². The van der Waals surface area contributed by atoms with Gasteiger partial charge in [0.2, 0.25) is 0 Å². The number of nitrogens with one attached hydrogen (secondary N) is 1. The Balaban J connectivity index is 2.72. The number of nitrogens with two attached hydrogens (primary N) is 1. The van der Waals surface area contributed by atoms with E-state index in [1.807, 2.05) is 6.92 Å². The van der Waals surface area contributed by atoms with Gasteiger partial charge in [-0.05, 0) is 13.3 Å². The lowest BCUT2D eigenvalue weighted by Gasteiger charge is -2.13. The van der Waals surface area contributed by atoms with Crippen LogP contribution >= 0.6 is 11.3 Å². The molecule has 0 aromatic carbocycles. The van der Waals surface area contributed by atoms with Crippen LogP contribution in [0.4, 0.5) is 5.13 Å². The molecular formula is C11H17N3O3S. The summed E-state index contributed by atoms with van der Waals surface area (Å²) in [5.74, 6) is -1.45. The second kappa shape index (κ2) is 6.34. The normalized spacial score (nSPS) is 12.1. The summed E-state index contributed by atoms with van der Waals surface area (Å²) in [4.78, 5) is 27.2. The number of anilines is 1. The van der Waals surface area contributed by atoms with Crippen LogP contribution in [0.25, 0.3) is 0 Å². The monoisotopic (exact) mass is 271 g/mol. The zero-order valence-electron chi connectivity index (χ0n) is 10.4. The number of amides is 1. The van der Waals surface area contributed by atoms with E-state index < -0.39 is 17.9 Å². The van der Waals surface area contributed by atoms with Gasteiger partial charge in [0, 0.05) is 0 Å². The van der Waals surface area contributed by atoms with E-state index in [4.69, 9.17) is 10.8 Å². The first-order valence-electron chi connectivity index (χ1n) is 5.72. The van der Waals surface area contributed by atoms with Crippen LogP contribution in [-0.4, -0.2) is 28.0 Å². The number of carboxylic acid groups (broad SMARTS) is 1. The van der Waals surface area contributed by atoms with E-state index in [9.17, 15) is 9.59 Å². The first kappa shape index (κ1) is 14.4. The summed E-state index contributed by atoms with van der Waals surface area (Å²) >= 11 is 1.06. The van der Waals surface area contributed by atoms with E-state index in [1.54, 1.807) is 6.92 Å². The maximum absolute atomic E-state index is 11.9. The number of aromatic nitrogens is 1. The lowest BCUT2D eigenvalue weighted by molar-refractivity contribution is -0.139. The van der Waals surface area contributed by atoms with Crippen LogP contribution in [0.15, 0.2) is 0 Å². The first-order chi connectivity index (χ1) is 8.45. The molecule has 6 nitrogen and oxygen atoms in total. The van der Waals surface area contributed by atoms with Crippen molar-refractivity contribution in [3.8, 4) is 0 Å². The average Bonchev–Trinajstić information content (AvgIpc) is 2.63. The van der Waals surface area contributed by atoms with Gasteiger partial charge >= 0.3 is 5.97 Å². The highest BCUT2D eigenvalue weighted by molar-refractivity contribution is 7.17. The number of aryl methyl sites for hydroxylation is 1. The molecule has 1 rings (SSSR count). The Morgan fingerprint density at radius 1 is 1.56 bits per heavy atom. The molecule has 100 valence electrons. The third-order valence-electron chi connectivity index (χ3n) is 2.47. The molecule has 1 unspecified atom stereocenters. The first-order valence-corrected chi connectivity index (χ1v) is 6.54. The number of carboxylic acids is 1. The number of nitrogen functional groups attached to an aromatic ring is 1. The molecule has 18 heavy (non-hydrogen) atoms. The van der Waals surface area contributed by atoms with Crippen molar-refractivity contribution >= 4 is 28.3 Å². The van der Waals surface area contributed by atoms with Crippen molar-refractivity contribution in [2.45, 2.75) is 39.2 Å². The predicted octanol–water partition coefficient (Wildman–Crippen LogP) is 1.41. The number of carbonyl (C=O) groups is 2. The van der Waals surface area contributed by atoms with Crippen molar-refractivity contribution in [1.29, 1.82) is 0 Å². The Kier molecular flexibility index (Phi) is 5.08. The van der Waals surface area contributed by atoms with Gasteiger partial charge in [-0.15, -0.1) is 0 Å². The summed E-state index contributed by atoms with van der Waals surface area (Å²) < 4.78 is 0. The average molecular weight is 271 g/mol. The maximum atomic E-state index is 11.9. The third kappa shape index (κ3) is 3.69. The van der Waals surface area contributed by atoms with Crippen LogP contribution in [0.3, 0.4) is 0 Å². The van der Waals surface area contributed by atoms with Crippen molar-refractivity contribution in [3.05, 3.63) is 10.6 Å². The second-order valence-electron chi connectivity index (χ2n) is 3.97. The highest BCUT2D eigenvalue weighted by atomic mass is 32.1. The van der Waals surface area contributed by atoms with Gasteiger partial charge < -0.3 is 16.2 Å². The standard InChI is InChI=1S/C11H17N3O3S/c1-3-4-5-7(10(16)17)14-9(15)8-6(2)13-11(12)18-8/h7H,3-5H2,1-2H3,(H2,12,13)(H,14,15)(H,16,17). The maximum Gasteiger partial charge on any atom is 0.326 e. The van der Waals surface area contributed by atoms with Crippen molar-refractivity contribution in [2.24, 2.45) is 0 Å². The number of carbonyl (C=O) groups excluding carboxylic acids is 1. The lowest BCUT2D eigenvalue weighted by atomic mass is 10.1. The smallest absolute Gasteiger partial charge is 0.326 e. The third-order valence-corrected chi connectivity index (χ3v) is 3.45. The molecule has 1 aromatic rings. The molecule has 0 aliphatic heterocycles. The Bertz CT molecular complexity index is 445. The lowest BCUT2D eigenvalue weighted by Crippen LogP contribution is -2.40. The van der Waals surface area contributed by atoms with Gasteiger partial charge in [-0.1, -0.05) is 31.1 Å². The highest BCUT2D eigenvalue weighted by Crippen LogP contribution is 2.19. The Labute approximate surface area is 109 Å². The van der Waals surface area contributed by atoms with Gasteiger partial charge in [0.05, 0.1) is 5.69 Å². The molecule has 4 N–H and O–H groups in total. The number of hydrogen-bond acceptors (Lipinski definition) is 5. The second-order valence-corrected chi connectivity index (χ2v) is 5.00. The molecule has 7 heteroatoms. The van der Waals surface area contributed by atoms with Crippen LogP contribution in [0, 0.1) is 6.92 Å². The molecule has 1 heterocycles. The molecule has 0 aliphatic carbocycles. The number of aliphatic carboxylic acids is 1. The van der Waals surface area contributed by atoms with Crippen LogP contribution in [0.2, 0.25) is 0 Å². The molecule has 0 saturated heterocycles. The van der Waals surface area contributed by atoms with Gasteiger partial charge in [-0.2, -0.15) is 0 Å². The number of nitrogens with zero attached hydrogens (tertiary/aromatic N) is 1. The summed E-state index contributed by atoms with van der Waals surface area (Å²) in [6.07, 6.45) is 2.05. The predicted molar refractivity (Wildman–Crippen MR) is 69.7 cm³/mol. The van der Waals surface area contributed by atoms with E-state index in [0.29, 0.717) is 22.1 Å². The fourth-order valence-electron chi connectivity index (χ4n) is 1.52. The molecular weight excluding hydrogens is 254 g/mol. The molecule has 0 fully saturated rings. The van der Waals surface area contributed by atoms with Crippen molar-refractivity contribution in [1.82, 2.24) is 10.3 Å². The highest BCUT2D eigenvalue weighted by Gasteiger charge is 2.22. The number of unbranched alkanes of at least 4 members (excludes halogenated alkanes) is 1. The zero-order valence-corrected chi connectivity index (χ0v) is 11.2. The molecule has 0 radical (unpaired) electrons. The molecule has 1 aromatic heterocycles. The van der Waals surface area contributed by atoms with Crippen LogP contribution in [0.1, 0.15) is 41.6 Å². The van der Waals surface area contributed by atoms with E-state index in [2.05, 4.69) is 10.3 Å². The van der Waals surface area contributed by atoms with Crippen LogP contribution < -0.4 is 11.1 Å². The fourth-order valence-corrected chi connectivity index (χ4v) is 2.25. The van der Waals surface area contributed by atoms with Crippen molar-refractivity contribution < 1.29 is 14.7 Å². The Morgan fingerprint density at radius 2 is 2.22 bits per heavy atom. The topological polar surface area (TPSA) is 105 Å². The molecule has 0 bridgehead atoms. The fraction of sp³-hybridized carbons (Fsp3) is 0.545. The summed E-state index contributed by atoms with van der Waals surface area (Å²) in [6.45, 7) is 3.64. The van der Waals surface area contributed by atoms with E-state index in [-0.39, 0.29) is 0 Å². The molecule has 1 amide bonds. The minimum absolute atomic E-state index is 0.304. The molecule has 0 saturated carbocycles.